The predicted octanol–water partition coefficient (Wildman–Crippen LogP) is 2.92. The highest BCUT2D eigenvalue weighted by Gasteiger charge is 2.11. The molecule has 1 amide bonds. The minimum Gasteiger partial charge on any atom is -0.497 e. The zero-order valence-corrected chi connectivity index (χ0v) is 15.1. The fourth-order valence-electron chi connectivity index (χ4n) is 2.89. The molecule has 4 rings (SSSR count). The van der Waals surface area contributed by atoms with Crippen molar-refractivity contribution in [2.24, 2.45) is 0 Å². The summed E-state index contributed by atoms with van der Waals surface area (Å²) in [6.45, 7) is 0.286. The molecule has 0 aliphatic rings. The van der Waals surface area contributed by atoms with Gasteiger partial charge in [-0.15, -0.1) is 0 Å². The molecule has 0 unspecified atom stereocenters. The molecule has 7 nitrogen and oxygen atoms in total. The lowest BCUT2D eigenvalue weighted by Gasteiger charge is -2.09. The van der Waals surface area contributed by atoms with E-state index in [9.17, 15) is 9.59 Å². The number of fused-ring (bicyclic) bond motifs is 1. The van der Waals surface area contributed by atoms with Crippen molar-refractivity contribution < 1.29 is 13.9 Å². The van der Waals surface area contributed by atoms with Crippen molar-refractivity contribution >= 4 is 16.8 Å². The van der Waals surface area contributed by atoms with Gasteiger partial charge < -0.3 is 14.5 Å². The van der Waals surface area contributed by atoms with Gasteiger partial charge in [0.15, 0.2) is 0 Å². The molecule has 0 aliphatic carbocycles. The van der Waals surface area contributed by atoms with Gasteiger partial charge in [-0.25, -0.2) is 4.98 Å². The number of furan rings is 1. The van der Waals surface area contributed by atoms with Crippen LogP contribution in [0.2, 0.25) is 0 Å². The summed E-state index contributed by atoms with van der Waals surface area (Å²) in [5, 5.41) is 3.20. The summed E-state index contributed by atoms with van der Waals surface area (Å²) in [5.41, 5.74) is 1.31. The van der Waals surface area contributed by atoms with Gasteiger partial charge in [0.25, 0.3) is 11.5 Å². The van der Waals surface area contributed by atoms with Crippen molar-refractivity contribution in [2.75, 3.05) is 7.11 Å². The number of carbonyl (C=O) groups is 1. The number of hydrogen-bond donors (Lipinski definition) is 1. The first-order chi connectivity index (χ1) is 13.7. The summed E-state index contributed by atoms with van der Waals surface area (Å²) < 4.78 is 11.9. The maximum Gasteiger partial charge on any atom is 0.265 e. The molecule has 0 spiro atoms. The fourth-order valence-corrected chi connectivity index (χ4v) is 2.89. The topological polar surface area (TPSA) is 86.4 Å². The second-order valence-electron chi connectivity index (χ2n) is 6.12. The number of nitrogens with one attached hydrogen (secondary N) is 1. The van der Waals surface area contributed by atoms with Gasteiger partial charge in [-0.05, 0) is 42.5 Å². The number of hydrogen-bond acceptors (Lipinski definition) is 5. The zero-order valence-electron chi connectivity index (χ0n) is 15.1. The van der Waals surface area contributed by atoms with Crippen LogP contribution in [0.5, 0.6) is 5.75 Å². The highest BCUT2D eigenvalue weighted by molar-refractivity contribution is 5.97. The van der Waals surface area contributed by atoms with E-state index in [-0.39, 0.29) is 18.0 Å². The van der Waals surface area contributed by atoms with Crippen molar-refractivity contribution in [3.63, 3.8) is 0 Å². The molecule has 28 heavy (non-hydrogen) atoms. The molecule has 7 heteroatoms. The summed E-state index contributed by atoms with van der Waals surface area (Å²) in [4.78, 5) is 29.6. The predicted molar refractivity (Wildman–Crippen MR) is 104 cm³/mol. The van der Waals surface area contributed by atoms with Crippen molar-refractivity contribution in [2.45, 2.75) is 6.54 Å². The molecule has 0 bridgehead atoms. The monoisotopic (exact) mass is 375 g/mol. The van der Waals surface area contributed by atoms with Crippen molar-refractivity contribution in [1.82, 2.24) is 14.9 Å². The highest BCUT2D eigenvalue weighted by Crippen LogP contribution is 2.16. The average molecular weight is 375 g/mol. The van der Waals surface area contributed by atoms with E-state index in [0.29, 0.717) is 33.7 Å². The van der Waals surface area contributed by atoms with Gasteiger partial charge in [0.05, 0.1) is 36.5 Å². The molecule has 1 N–H and O–H groups in total. The summed E-state index contributed by atoms with van der Waals surface area (Å²) in [6, 6.07) is 15.5. The number of carbonyl (C=O) groups excluding carboxylic acids is 1. The van der Waals surface area contributed by atoms with Gasteiger partial charge in [-0.3, -0.25) is 14.2 Å². The Bertz CT molecular complexity index is 1200. The molecule has 0 saturated heterocycles. The lowest BCUT2D eigenvalue weighted by molar-refractivity contribution is 0.0948. The van der Waals surface area contributed by atoms with Crippen LogP contribution in [-0.2, 0) is 6.54 Å². The number of ether oxygens (including phenoxy) is 1. The van der Waals surface area contributed by atoms with Crippen molar-refractivity contribution in [3.8, 4) is 11.4 Å². The lowest BCUT2D eigenvalue weighted by Crippen LogP contribution is -2.23. The standard InChI is InChI=1S/C21H17N3O4/c1-27-16-5-2-4-15(11-16)24-13-23-19-10-14(7-8-18(19)21(24)26)20(25)22-12-17-6-3-9-28-17/h2-11,13H,12H2,1H3,(H,22,25). The fraction of sp³-hybridized carbons (Fsp3) is 0.0952. The molecule has 2 aromatic heterocycles. The van der Waals surface area contributed by atoms with Gasteiger partial charge in [-0.1, -0.05) is 6.07 Å². The Morgan fingerprint density at radius 1 is 1.18 bits per heavy atom. The molecule has 0 saturated carbocycles. The van der Waals surface area contributed by atoms with E-state index in [1.165, 1.54) is 10.9 Å². The Kier molecular flexibility index (Phi) is 4.63. The first kappa shape index (κ1) is 17.5. The maximum absolute atomic E-state index is 12.9. The average Bonchev–Trinajstić information content (AvgIpc) is 3.25. The third-order valence-corrected chi connectivity index (χ3v) is 4.36. The van der Waals surface area contributed by atoms with Crippen LogP contribution in [0.15, 0.2) is 76.4 Å². The zero-order chi connectivity index (χ0) is 19.5. The molecular weight excluding hydrogens is 358 g/mol. The van der Waals surface area contributed by atoms with Gasteiger partial charge in [0.1, 0.15) is 17.8 Å². The number of rotatable bonds is 5. The van der Waals surface area contributed by atoms with Gasteiger partial charge in [0.2, 0.25) is 0 Å². The van der Waals surface area contributed by atoms with Crippen molar-refractivity contribution in [3.05, 3.63) is 88.9 Å². The Labute approximate surface area is 160 Å². The van der Waals surface area contributed by atoms with Crippen LogP contribution in [-0.4, -0.2) is 22.6 Å². The molecule has 4 aromatic rings. The molecule has 0 aliphatic heterocycles. The first-order valence-corrected chi connectivity index (χ1v) is 8.62. The first-order valence-electron chi connectivity index (χ1n) is 8.62. The second kappa shape index (κ2) is 7.40. The van der Waals surface area contributed by atoms with Crippen molar-refractivity contribution in [1.29, 1.82) is 0 Å². The molecule has 0 atom stereocenters. The van der Waals surface area contributed by atoms with E-state index >= 15 is 0 Å². The van der Waals surface area contributed by atoms with Crippen LogP contribution in [0.4, 0.5) is 0 Å². The van der Waals surface area contributed by atoms with Crippen LogP contribution in [0.3, 0.4) is 0 Å². The SMILES string of the molecule is COc1cccc(-n2cnc3cc(C(=O)NCc4ccco4)ccc3c2=O)c1. The molecule has 0 radical (unpaired) electrons. The Balaban J connectivity index is 1.64. The minimum atomic E-state index is -0.267. The van der Waals surface area contributed by atoms with Crippen LogP contribution < -0.4 is 15.6 Å². The van der Waals surface area contributed by atoms with E-state index in [1.54, 1.807) is 68.0 Å². The minimum absolute atomic E-state index is 0.221. The van der Waals surface area contributed by atoms with E-state index < -0.39 is 0 Å². The Hall–Kier alpha value is -3.87. The van der Waals surface area contributed by atoms with Crippen LogP contribution in [0.1, 0.15) is 16.1 Å². The molecule has 140 valence electrons. The van der Waals surface area contributed by atoms with E-state index in [1.807, 2.05) is 0 Å². The Morgan fingerprint density at radius 3 is 2.86 bits per heavy atom. The third-order valence-electron chi connectivity index (χ3n) is 4.36. The highest BCUT2D eigenvalue weighted by atomic mass is 16.5. The summed E-state index contributed by atoms with van der Waals surface area (Å²) in [7, 11) is 1.57. The van der Waals surface area contributed by atoms with E-state index in [0.717, 1.165) is 0 Å². The number of methoxy groups -OCH3 is 1. The molecule has 2 aromatic carbocycles. The Morgan fingerprint density at radius 2 is 2.07 bits per heavy atom. The summed E-state index contributed by atoms with van der Waals surface area (Å²) >= 11 is 0. The van der Waals surface area contributed by atoms with Crippen LogP contribution in [0.25, 0.3) is 16.6 Å². The smallest absolute Gasteiger partial charge is 0.265 e. The summed E-state index contributed by atoms with van der Waals surface area (Å²) in [6.07, 6.45) is 3.00. The van der Waals surface area contributed by atoms with Gasteiger partial charge in [-0.2, -0.15) is 0 Å². The van der Waals surface area contributed by atoms with E-state index in [2.05, 4.69) is 10.3 Å². The lowest BCUT2D eigenvalue weighted by atomic mass is 10.1. The van der Waals surface area contributed by atoms with Gasteiger partial charge in [0, 0.05) is 11.6 Å². The third kappa shape index (κ3) is 3.37. The number of benzene rings is 2. The van der Waals surface area contributed by atoms with Gasteiger partial charge >= 0.3 is 0 Å². The number of nitrogens with zero attached hydrogens (tertiary/aromatic N) is 2. The maximum atomic E-state index is 12.9. The number of aromatic nitrogens is 2. The normalized spacial score (nSPS) is 10.8. The molecular formula is C21H17N3O4. The quantitative estimate of drug-likeness (QED) is 0.580. The van der Waals surface area contributed by atoms with Crippen LogP contribution in [0, 0.1) is 0 Å². The summed E-state index contributed by atoms with van der Waals surface area (Å²) in [5.74, 6) is 1.04. The number of amides is 1. The van der Waals surface area contributed by atoms with Crippen LogP contribution >= 0.6 is 0 Å². The largest absolute Gasteiger partial charge is 0.497 e. The molecule has 2 heterocycles. The second-order valence-corrected chi connectivity index (χ2v) is 6.12. The van der Waals surface area contributed by atoms with E-state index in [4.69, 9.17) is 9.15 Å². The molecule has 0 fully saturated rings.